The number of nitrogens with two attached hydrogens (primary N) is 1. The van der Waals surface area contributed by atoms with E-state index in [1.165, 1.54) is 7.11 Å². The number of halogens is 1. The van der Waals surface area contributed by atoms with Crippen LogP contribution in [0.3, 0.4) is 0 Å². The van der Waals surface area contributed by atoms with Gasteiger partial charge in [-0.15, -0.1) is 0 Å². The highest BCUT2D eigenvalue weighted by atomic mass is 35.5. The van der Waals surface area contributed by atoms with Gasteiger partial charge in [-0.1, -0.05) is 11.6 Å². The average Bonchev–Trinajstić information content (AvgIpc) is 2.39. The number of rotatable bonds is 7. The second-order valence-corrected chi connectivity index (χ2v) is 7.68. The molecular formula is C13H20ClNO4S. The molecule has 7 heteroatoms. The highest BCUT2D eigenvalue weighted by Crippen LogP contribution is 2.34. The first-order valence-corrected chi connectivity index (χ1v) is 8.32. The smallest absolute Gasteiger partial charge is 0.165 e. The minimum Gasteiger partial charge on any atom is -0.493 e. The maximum Gasteiger partial charge on any atom is 0.165 e. The fourth-order valence-electron chi connectivity index (χ4n) is 1.59. The SMILES string of the molecule is COc1cc(Cl)cc(CN)c1OCCS(=O)(=O)C(C)C. The molecule has 1 rings (SSSR count). The van der Waals surface area contributed by atoms with Crippen molar-refractivity contribution in [1.29, 1.82) is 0 Å². The zero-order chi connectivity index (χ0) is 15.3. The standard InChI is InChI=1S/C13H20ClNO4S/c1-9(2)20(16,17)5-4-19-13-10(8-15)6-11(14)7-12(13)18-3/h6-7,9H,4-5,8,15H2,1-3H3. The Morgan fingerprint density at radius 1 is 1.35 bits per heavy atom. The molecule has 5 nitrogen and oxygen atoms in total. The van der Waals surface area contributed by atoms with Crippen molar-refractivity contribution >= 4 is 21.4 Å². The number of hydrogen-bond acceptors (Lipinski definition) is 5. The number of sulfone groups is 1. The van der Waals surface area contributed by atoms with Gasteiger partial charge >= 0.3 is 0 Å². The van der Waals surface area contributed by atoms with E-state index in [-0.39, 0.29) is 18.9 Å². The van der Waals surface area contributed by atoms with E-state index >= 15 is 0 Å². The molecule has 2 N–H and O–H groups in total. The van der Waals surface area contributed by atoms with Crippen LogP contribution in [0.4, 0.5) is 0 Å². The molecule has 1 aromatic rings. The van der Waals surface area contributed by atoms with Crippen molar-refractivity contribution in [3.05, 3.63) is 22.7 Å². The zero-order valence-corrected chi connectivity index (χ0v) is 13.4. The van der Waals surface area contributed by atoms with Crippen LogP contribution < -0.4 is 15.2 Å². The van der Waals surface area contributed by atoms with E-state index < -0.39 is 15.1 Å². The Hall–Kier alpha value is -0.980. The summed E-state index contributed by atoms with van der Waals surface area (Å²) in [6.45, 7) is 3.56. The molecule has 0 amide bonds. The van der Waals surface area contributed by atoms with Crippen molar-refractivity contribution in [1.82, 2.24) is 0 Å². The summed E-state index contributed by atoms with van der Waals surface area (Å²) < 4.78 is 34.2. The molecule has 114 valence electrons. The van der Waals surface area contributed by atoms with Gasteiger partial charge in [-0.2, -0.15) is 0 Å². The van der Waals surface area contributed by atoms with Gasteiger partial charge in [0.15, 0.2) is 21.3 Å². The van der Waals surface area contributed by atoms with Crippen molar-refractivity contribution in [3.8, 4) is 11.5 Å². The number of ether oxygens (including phenoxy) is 2. The lowest BCUT2D eigenvalue weighted by atomic mass is 10.2. The Balaban J connectivity index is 2.87. The number of benzene rings is 1. The van der Waals surface area contributed by atoms with E-state index in [1.807, 2.05) is 0 Å². The molecule has 0 radical (unpaired) electrons. The Bertz CT molecular complexity index is 532. The van der Waals surface area contributed by atoms with E-state index in [9.17, 15) is 8.42 Å². The van der Waals surface area contributed by atoms with Crippen molar-refractivity contribution in [3.63, 3.8) is 0 Å². The van der Waals surface area contributed by atoms with Crippen LogP contribution in [-0.4, -0.2) is 33.1 Å². The predicted molar refractivity (Wildman–Crippen MR) is 80.3 cm³/mol. The molecule has 20 heavy (non-hydrogen) atoms. The molecule has 1 aromatic carbocycles. The van der Waals surface area contributed by atoms with Gasteiger partial charge in [0.05, 0.1) is 18.1 Å². The summed E-state index contributed by atoms with van der Waals surface area (Å²) in [6, 6.07) is 3.28. The minimum atomic E-state index is -3.14. The second-order valence-electron chi connectivity index (χ2n) is 4.56. The molecule has 0 bridgehead atoms. The maximum absolute atomic E-state index is 11.7. The van der Waals surface area contributed by atoms with Gasteiger partial charge in [0.25, 0.3) is 0 Å². The summed E-state index contributed by atoms with van der Waals surface area (Å²) >= 11 is 5.94. The lowest BCUT2D eigenvalue weighted by Gasteiger charge is -2.15. The van der Waals surface area contributed by atoms with Crippen LogP contribution in [0.25, 0.3) is 0 Å². The summed E-state index contributed by atoms with van der Waals surface area (Å²) in [4.78, 5) is 0. The van der Waals surface area contributed by atoms with E-state index in [1.54, 1.807) is 26.0 Å². The first kappa shape index (κ1) is 17.1. The predicted octanol–water partition coefficient (Wildman–Crippen LogP) is 2.01. The minimum absolute atomic E-state index is 0.0471. The van der Waals surface area contributed by atoms with Gasteiger partial charge in [-0.3, -0.25) is 0 Å². The molecule has 0 saturated carbocycles. The molecule has 0 spiro atoms. The third kappa shape index (κ3) is 4.26. The molecule has 0 fully saturated rings. The Labute approximate surface area is 124 Å². The maximum atomic E-state index is 11.7. The quantitative estimate of drug-likeness (QED) is 0.831. The third-order valence-electron chi connectivity index (χ3n) is 2.87. The van der Waals surface area contributed by atoms with Crippen LogP contribution in [0.2, 0.25) is 5.02 Å². The lowest BCUT2D eigenvalue weighted by molar-refractivity contribution is 0.308. The first-order valence-electron chi connectivity index (χ1n) is 6.22. The first-order chi connectivity index (χ1) is 9.31. The van der Waals surface area contributed by atoms with Crippen molar-refractivity contribution in [2.75, 3.05) is 19.5 Å². The summed E-state index contributed by atoms with van der Waals surface area (Å²) in [6.07, 6.45) is 0. The fraction of sp³-hybridized carbons (Fsp3) is 0.538. The van der Waals surface area contributed by atoms with Crippen LogP contribution >= 0.6 is 11.6 Å². The molecule has 0 atom stereocenters. The summed E-state index contributed by atoms with van der Waals surface area (Å²) in [7, 11) is -1.65. The van der Waals surface area contributed by atoms with Gasteiger partial charge in [-0.25, -0.2) is 8.42 Å². The fourth-order valence-corrected chi connectivity index (χ4v) is 2.60. The Morgan fingerprint density at radius 3 is 2.50 bits per heavy atom. The Kier molecular flexibility index (Phi) is 6.10. The van der Waals surface area contributed by atoms with Crippen molar-refractivity contribution in [2.24, 2.45) is 5.73 Å². The van der Waals surface area contributed by atoms with E-state index in [0.717, 1.165) is 0 Å². The van der Waals surface area contributed by atoms with E-state index in [2.05, 4.69) is 0 Å². The van der Waals surface area contributed by atoms with E-state index in [0.29, 0.717) is 22.1 Å². The molecule has 0 aliphatic carbocycles. The highest BCUT2D eigenvalue weighted by Gasteiger charge is 2.18. The van der Waals surface area contributed by atoms with Gasteiger partial charge in [-0.05, 0) is 19.9 Å². The van der Waals surface area contributed by atoms with E-state index in [4.69, 9.17) is 26.8 Å². The largest absolute Gasteiger partial charge is 0.493 e. The van der Waals surface area contributed by atoms with Crippen molar-refractivity contribution in [2.45, 2.75) is 25.6 Å². The van der Waals surface area contributed by atoms with Gasteiger partial charge in [0.2, 0.25) is 0 Å². The molecule has 0 aliphatic rings. The highest BCUT2D eigenvalue weighted by molar-refractivity contribution is 7.91. The second kappa shape index (κ2) is 7.15. The van der Waals surface area contributed by atoms with Crippen LogP contribution in [0.5, 0.6) is 11.5 Å². The number of methoxy groups -OCH3 is 1. The van der Waals surface area contributed by atoms with Crippen molar-refractivity contribution < 1.29 is 17.9 Å². The van der Waals surface area contributed by atoms with Crippen LogP contribution in [-0.2, 0) is 16.4 Å². The molecule has 0 unspecified atom stereocenters. The lowest BCUT2D eigenvalue weighted by Crippen LogP contribution is -2.22. The Morgan fingerprint density at radius 2 is 2.00 bits per heavy atom. The zero-order valence-electron chi connectivity index (χ0n) is 11.8. The molecule has 0 heterocycles. The molecule has 0 aromatic heterocycles. The molecular weight excluding hydrogens is 302 g/mol. The topological polar surface area (TPSA) is 78.6 Å². The summed E-state index contributed by atoms with van der Waals surface area (Å²) in [5.41, 5.74) is 6.31. The van der Waals surface area contributed by atoms with Crippen LogP contribution in [0, 0.1) is 0 Å². The van der Waals surface area contributed by atoms with Crippen LogP contribution in [0.1, 0.15) is 19.4 Å². The molecule has 0 aliphatic heterocycles. The average molecular weight is 322 g/mol. The number of hydrogen-bond donors (Lipinski definition) is 1. The third-order valence-corrected chi connectivity index (χ3v) is 5.26. The monoisotopic (exact) mass is 321 g/mol. The van der Waals surface area contributed by atoms with Gasteiger partial charge in [0.1, 0.15) is 6.61 Å². The summed E-state index contributed by atoms with van der Waals surface area (Å²) in [5, 5.41) is 0.0663. The van der Waals surface area contributed by atoms with Gasteiger partial charge in [0, 0.05) is 23.2 Å². The van der Waals surface area contributed by atoms with Crippen LogP contribution in [0.15, 0.2) is 12.1 Å². The molecule has 0 saturated heterocycles. The van der Waals surface area contributed by atoms with Gasteiger partial charge < -0.3 is 15.2 Å². The summed E-state index contributed by atoms with van der Waals surface area (Å²) in [5.74, 6) is 0.832. The normalized spacial score (nSPS) is 11.7.